The molecule has 1 amide bonds. The van der Waals surface area contributed by atoms with Crippen LogP contribution in [-0.4, -0.2) is 12.5 Å². The maximum absolute atomic E-state index is 12.4. The molecule has 0 unspecified atom stereocenters. The molecule has 0 aliphatic heterocycles. The zero-order valence-electron chi connectivity index (χ0n) is 17.4. The van der Waals surface area contributed by atoms with Gasteiger partial charge in [-0.05, 0) is 66.5 Å². The predicted molar refractivity (Wildman–Crippen MR) is 114 cm³/mol. The Morgan fingerprint density at radius 2 is 1.74 bits per heavy atom. The van der Waals surface area contributed by atoms with Gasteiger partial charge < -0.3 is 10.1 Å². The molecule has 0 saturated heterocycles. The van der Waals surface area contributed by atoms with Gasteiger partial charge in [-0.15, -0.1) is 0 Å². The van der Waals surface area contributed by atoms with E-state index in [0.29, 0.717) is 25.4 Å². The number of aryl methyl sites for hydroxylation is 3. The Bertz CT molecular complexity index is 743. The van der Waals surface area contributed by atoms with Gasteiger partial charge in [-0.1, -0.05) is 52.0 Å². The van der Waals surface area contributed by atoms with E-state index in [1.54, 1.807) is 0 Å². The summed E-state index contributed by atoms with van der Waals surface area (Å²) in [5.41, 5.74) is 5.99. The van der Waals surface area contributed by atoms with Gasteiger partial charge in [-0.25, -0.2) is 0 Å². The number of ether oxygens (including phenoxy) is 1. The maximum atomic E-state index is 12.4. The smallest absolute Gasteiger partial charge is 0.224 e. The molecule has 1 N–H and O–H groups in total. The molecule has 0 aliphatic carbocycles. The van der Waals surface area contributed by atoms with Crippen LogP contribution in [0.5, 0.6) is 5.75 Å². The van der Waals surface area contributed by atoms with Gasteiger partial charge in [-0.2, -0.15) is 0 Å². The quantitative estimate of drug-likeness (QED) is 0.549. The van der Waals surface area contributed by atoms with E-state index >= 15 is 0 Å². The highest BCUT2D eigenvalue weighted by atomic mass is 16.5. The van der Waals surface area contributed by atoms with E-state index in [1.165, 1.54) is 22.3 Å². The minimum atomic E-state index is 0.0561. The Kier molecular flexibility index (Phi) is 7.90. The first-order chi connectivity index (χ1) is 13.0. The van der Waals surface area contributed by atoms with Crippen molar-refractivity contribution in [3.8, 4) is 5.75 Å². The second kappa shape index (κ2) is 10.1. The lowest BCUT2D eigenvalue weighted by Crippen LogP contribution is -2.15. The van der Waals surface area contributed by atoms with Gasteiger partial charge in [0.05, 0.1) is 6.61 Å². The molecule has 0 atom stereocenters. The van der Waals surface area contributed by atoms with Crippen molar-refractivity contribution in [1.82, 2.24) is 0 Å². The molecule has 0 bridgehead atoms. The van der Waals surface area contributed by atoms with Crippen LogP contribution >= 0.6 is 0 Å². The van der Waals surface area contributed by atoms with Crippen molar-refractivity contribution >= 4 is 11.6 Å². The molecule has 2 aromatic carbocycles. The van der Waals surface area contributed by atoms with Crippen LogP contribution in [-0.2, 0) is 17.6 Å². The minimum Gasteiger partial charge on any atom is -0.494 e. The number of hydrogen-bond acceptors (Lipinski definition) is 2. The monoisotopic (exact) mass is 367 g/mol. The summed E-state index contributed by atoms with van der Waals surface area (Å²) < 4.78 is 5.83. The third-order valence-corrected chi connectivity index (χ3v) is 4.94. The van der Waals surface area contributed by atoms with E-state index < -0.39 is 0 Å². The third-order valence-electron chi connectivity index (χ3n) is 4.94. The fourth-order valence-corrected chi connectivity index (χ4v) is 3.41. The number of nitrogens with one attached hydrogen (secondary N) is 1. The molecule has 2 rings (SSSR count). The Morgan fingerprint density at radius 3 is 2.30 bits per heavy atom. The van der Waals surface area contributed by atoms with Crippen LogP contribution in [0.1, 0.15) is 68.7 Å². The number of anilines is 1. The second-order valence-corrected chi connectivity index (χ2v) is 7.33. The van der Waals surface area contributed by atoms with Crippen LogP contribution in [0.25, 0.3) is 0 Å². The highest BCUT2D eigenvalue weighted by Crippen LogP contribution is 2.24. The number of carbonyl (C=O) groups is 1. The fraction of sp³-hybridized carbons (Fsp3) is 0.458. The molecule has 0 spiro atoms. The van der Waals surface area contributed by atoms with Crippen LogP contribution < -0.4 is 10.1 Å². The zero-order valence-corrected chi connectivity index (χ0v) is 17.4. The van der Waals surface area contributed by atoms with Crippen LogP contribution in [0.3, 0.4) is 0 Å². The zero-order chi connectivity index (χ0) is 19.8. The van der Waals surface area contributed by atoms with E-state index in [9.17, 15) is 4.79 Å². The molecule has 3 nitrogen and oxygen atoms in total. The van der Waals surface area contributed by atoms with Crippen molar-refractivity contribution in [2.45, 2.75) is 66.2 Å². The summed E-state index contributed by atoms with van der Waals surface area (Å²) in [5, 5.41) is 3.11. The molecule has 0 radical (unpaired) electrons. The van der Waals surface area contributed by atoms with E-state index in [2.05, 4.69) is 70.3 Å². The minimum absolute atomic E-state index is 0.0561. The molecular weight excluding hydrogens is 334 g/mol. The van der Waals surface area contributed by atoms with Crippen molar-refractivity contribution in [3.63, 3.8) is 0 Å². The SMILES string of the molecule is CCc1cccc(CC)c1NC(=O)CCCOc1ccc(C(C)C)c(C)c1. The number of amides is 1. The van der Waals surface area contributed by atoms with Crippen molar-refractivity contribution in [1.29, 1.82) is 0 Å². The second-order valence-electron chi connectivity index (χ2n) is 7.33. The summed E-state index contributed by atoms with van der Waals surface area (Å²) in [5.74, 6) is 1.45. The van der Waals surface area contributed by atoms with Gasteiger partial charge in [0.25, 0.3) is 0 Å². The van der Waals surface area contributed by atoms with Crippen molar-refractivity contribution in [2.24, 2.45) is 0 Å². The molecular formula is C24H33NO2. The topological polar surface area (TPSA) is 38.3 Å². The lowest BCUT2D eigenvalue weighted by molar-refractivity contribution is -0.116. The molecule has 27 heavy (non-hydrogen) atoms. The first-order valence-electron chi connectivity index (χ1n) is 10.1. The summed E-state index contributed by atoms with van der Waals surface area (Å²) in [6.07, 6.45) is 2.99. The lowest BCUT2D eigenvalue weighted by Gasteiger charge is -2.15. The van der Waals surface area contributed by atoms with Crippen molar-refractivity contribution in [3.05, 3.63) is 58.7 Å². The summed E-state index contributed by atoms with van der Waals surface area (Å²) >= 11 is 0. The molecule has 0 fully saturated rings. The summed E-state index contributed by atoms with van der Waals surface area (Å²) in [4.78, 5) is 12.4. The standard InChI is InChI=1S/C24H33NO2/c1-6-19-10-8-11-20(7-2)24(19)25-23(26)12-9-15-27-21-13-14-22(17(3)4)18(5)16-21/h8,10-11,13-14,16-17H,6-7,9,12,15H2,1-5H3,(H,25,26). The number of para-hydroxylation sites is 1. The Hall–Kier alpha value is -2.29. The van der Waals surface area contributed by atoms with E-state index in [-0.39, 0.29) is 5.91 Å². The van der Waals surface area contributed by atoms with Gasteiger partial charge in [0, 0.05) is 12.1 Å². The summed E-state index contributed by atoms with van der Waals surface area (Å²) in [7, 11) is 0. The molecule has 0 saturated carbocycles. The Morgan fingerprint density at radius 1 is 1.07 bits per heavy atom. The highest BCUT2D eigenvalue weighted by molar-refractivity contribution is 5.92. The van der Waals surface area contributed by atoms with E-state index in [1.807, 2.05) is 6.07 Å². The van der Waals surface area contributed by atoms with Crippen LogP contribution in [0, 0.1) is 6.92 Å². The Labute approximate surface area is 164 Å². The van der Waals surface area contributed by atoms with E-state index in [4.69, 9.17) is 4.74 Å². The van der Waals surface area contributed by atoms with Gasteiger partial charge in [0.2, 0.25) is 5.91 Å². The highest BCUT2D eigenvalue weighted by Gasteiger charge is 2.10. The van der Waals surface area contributed by atoms with Crippen molar-refractivity contribution in [2.75, 3.05) is 11.9 Å². The average Bonchev–Trinajstić information content (AvgIpc) is 2.65. The molecule has 2 aromatic rings. The molecule has 3 heteroatoms. The fourth-order valence-electron chi connectivity index (χ4n) is 3.41. The number of carbonyl (C=O) groups excluding carboxylic acids is 1. The van der Waals surface area contributed by atoms with Crippen LogP contribution in [0.2, 0.25) is 0 Å². The number of rotatable bonds is 9. The van der Waals surface area contributed by atoms with Gasteiger partial charge in [0.15, 0.2) is 0 Å². The first-order valence-corrected chi connectivity index (χ1v) is 10.1. The number of benzene rings is 2. The number of hydrogen-bond donors (Lipinski definition) is 1. The van der Waals surface area contributed by atoms with Gasteiger partial charge in [0.1, 0.15) is 5.75 Å². The third kappa shape index (κ3) is 5.85. The lowest BCUT2D eigenvalue weighted by atomic mass is 9.98. The van der Waals surface area contributed by atoms with Gasteiger partial charge in [-0.3, -0.25) is 4.79 Å². The molecule has 0 aliphatic rings. The molecule has 0 aromatic heterocycles. The summed E-state index contributed by atoms with van der Waals surface area (Å²) in [6.45, 7) is 11.3. The first kappa shape index (κ1) is 21.0. The average molecular weight is 368 g/mol. The largest absolute Gasteiger partial charge is 0.494 e. The van der Waals surface area contributed by atoms with Crippen LogP contribution in [0.4, 0.5) is 5.69 Å². The van der Waals surface area contributed by atoms with E-state index in [0.717, 1.165) is 24.3 Å². The normalized spacial score (nSPS) is 10.9. The maximum Gasteiger partial charge on any atom is 0.224 e. The van der Waals surface area contributed by atoms with Crippen LogP contribution in [0.15, 0.2) is 36.4 Å². The molecule has 146 valence electrons. The predicted octanol–water partition coefficient (Wildman–Crippen LogP) is 6.04. The Balaban J connectivity index is 1.84. The van der Waals surface area contributed by atoms with Crippen molar-refractivity contribution < 1.29 is 9.53 Å². The van der Waals surface area contributed by atoms with Gasteiger partial charge >= 0.3 is 0 Å². The summed E-state index contributed by atoms with van der Waals surface area (Å²) in [6, 6.07) is 12.5. The molecule has 0 heterocycles.